The van der Waals surface area contributed by atoms with Crippen molar-refractivity contribution in [3.05, 3.63) is 183 Å². The summed E-state index contributed by atoms with van der Waals surface area (Å²) in [6.45, 7) is 10.1. The fourth-order valence-electron chi connectivity index (χ4n) is 5.81. The Labute approximate surface area is 390 Å². The average molecular weight is 969 g/mol. The first kappa shape index (κ1) is 54.6. The largest absolute Gasteiger partial charge is 0.454 e. The number of alkyl halides is 9. The van der Waals surface area contributed by atoms with Crippen LogP contribution < -0.4 is 25.4 Å². The molecule has 1 aliphatic rings. The van der Waals surface area contributed by atoms with Crippen molar-refractivity contribution in [3.8, 4) is 11.5 Å². The number of rotatable bonds is 12. The van der Waals surface area contributed by atoms with Gasteiger partial charge >= 0.3 is 18.5 Å². The van der Waals surface area contributed by atoms with Gasteiger partial charge in [0.1, 0.15) is 0 Å². The summed E-state index contributed by atoms with van der Waals surface area (Å²) in [5.41, 5.74) is 3.41. The van der Waals surface area contributed by atoms with Crippen LogP contribution in [0.15, 0.2) is 140 Å². The van der Waals surface area contributed by atoms with Crippen LogP contribution in [0.1, 0.15) is 61.1 Å². The summed E-state index contributed by atoms with van der Waals surface area (Å²) in [5.74, 6) is 1.41. The van der Waals surface area contributed by atoms with Crippen LogP contribution in [0, 0.1) is 0 Å². The second-order valence-corrected chi connectivity index (χ2v) is 14.6. The van der Waals surface area contributed by atoms with Crippen LogP contribution in [-0.2, 0) is 37.8 Å². The lowest BCUT2D eigenvalue weighted by atomic mass is 10.1. The molecule has 0 fully saturated rings. The smallest absolute Gasteiger partial charge is 0.416 e. The number of hydrogen-bond donors (Lipinski definition) is 3. The van der Waals surface area contributed by atoms with E-state index in [1.54, 1.807) is 24.3 Å². The number of nitrogens with one attached hydrogen (secondary N) is 3. The SMILES string of the molecule is CC.CC.FC(F)(F)c1ccc(CCNc2ccc(Cl)cc2)cc1.FC(F)(F)c1ccc(CCNc2ccc3c(c2)OCO3)cc1.FC(F)(F)c1ccc(CCNc2cccc(Cl)c2)cc1. The lowest BCUT2D eigenvalue weighted by Crippen LogP contribution is -2.07. The van der Waals surface area contributed by atoms with E-state index in [1.165, 1.54) is 36.4 Å². The summed E-state index contributed by atoms with van der Waals surface area (Å²) in [4.78, 5) is 0. The quantitative estimate of drug-likeness (QED) is 0.107. The van der Waals surface area contributed by atoms with Crippen molar-refractivity contribution in [2.75, 3.05) is 42.4 Å². The first-order chi connectivity index (χ1) is 31.4. The second-order valence-electron chi connectivity index (χ2n) is 13.7. The molecule has 16 heteroatoms. The predicted octanol–water partition coefficient (Wildman–Crippen LogP) is 16.2. The van der Waals surface area contributed by atoms with Gasteiger partial charge in [0.25, 0.3) is 0 Å². The average Bonchev–Trinajstić information content (AvgIpc) is 3.77. The van der Waals surface area contributed by atoms with Gasteiger partial charge in [0.15, 0.2) is 11.5 Å². The molecule has 66 heavy (non-hydrogen) atoms. The van der Waals surface area contributed by atoms with Crippen molar-refractivity contribution >= 4 is 40.3 Å². The highest BCUT2D eigenvalue weighted by Gasteiger charge is 2.31. The van der Waals surface area contributed by atoms with Crippen LogP contribution in [0.25, 0.3) is 0 Å². The minimum atomic E-state index is -4.29. The second kappa shape index (κ2) is 27.0. The van der Waals surface area contributed by atoms with Crippen molar-refractivity contribution in [3.63, 3.8) is 0 Å². The number of hydrogen-bond acceptors (Lipinski definition) is 5. The molecular weight excluding hydrogens is 916 g/mol. The van der Waals surface area contributed by atoms with Crippen LogP contribution in [0.2, 0.25) is 10.0 Å². The molecule has 0 unspecified atom stereocenters. The normalized spacial score (nSPS) is 11.5. The molecule has 6 aromatic rings. The van der Waals surface area contributed by atoms with E-state index < -0.39 is 35.2 Å². The topological polar surface area (TPSA) is 54.5 Å². The fraction of sp³-hybridized carbons (Fsp3) is 0.280. The summed E-state index contributed by atoms with van der Waals surface area (Å²) < 4.78 is 122. The summed E-state index contributed by atoms with van der Waals surface area (Å²) in [6, 6.07) is 35.8. The number of fused-ring (bicyclic) bond motifs is 1. The molecule has 0 bridgehead atoms. The van der Waals surface area contributed by atoms with Crippen LogP contribution in [0.4, 0.5) is 56.6 Å². The Morgan fingerprint density at radius 3 is 1.17 bits per heavy atom. The molecule has 0 aromatic heterocycles. The van der Waals surface area contributed by atoms with Crippen LogP contribution in [-0.4, -0.2) is 26.4 Å². The third-order valence-corrected chi connectivity index (χ3v) is 9.60. The Kier molecular flexibility index (Phi) is 22.4. The molecule has 6 aromatic carbocycles. The highest BCUT2D eigenvalue weighted by molar-refractivity contribution is 6.31. The molecule has 0 spiro atoms. The van der Waals surface area contributed by atoms with Crippen molar-refractivity contribution < 1.29 is 49.0 Å². The maximum Gasteiger partial charge on any atom is 0.416 e. The molecule has 5 nitrogen and oxygen atoms in total. The molecule has 356 valence electrons. The first-order valence-corrected chi connectivity index (χ1v) is 21.8. The third-order valence-electron chi connectivity index (χ3n) is 9.11. The standard InChI is InChI=1S/C16H14F3NO2.2C15H13ClF3N.2C2H6/c17-16(18,19)12-3-1-11(2-4-12)7-8-20-13-5-6-14-15(9-13)22-10-21-14;16-13-5-7-14(8-6-13)20-10-9-11-1-3-12(4-2-11)15(17,18)19;16-13-2-1-3-14(10-13)20-9-8-11-4-6-12(7-5-11)15(17,18)19;2*1-2/h1-6,9,20H,7-8,10H2;1-8,20H,9-10H2;1-7,10,20H,8-9H2;2*1-2H3. The molecule has 0 atom stereocenters. The molecule has 0 saturated carbocycles. The van der Waals surface area contributed by atoms with E-state index in [9.17, 15) is 39.5 Å². The molecule has 7 rings (SSSR count). The van der Waals surface area contributed by atoms with E-state index in [4.69, 9.17) is 32.7 Å². The molecule has 1 aliphatic heterocycles. The van der Waals surface area contributed by atoms with Gasteiger partial charge in [-0.25, -0.2) is 0 Å². The molecule has 0 aliphatic carbocycles. The van der Waals surface area contributed by atoms with E-state index in [-0.39, 0.29) is 6.79 Å². The van der Waals surface area contributed by atoms with Crippen LogP contribution in [0.5, 0.6) is 11.5 Å². The maximum atomic E-state index is 12.5. The Balaban J connectivity index is 0.000000253. The summed E-state index contributed by atoms with van der Waals surface area (Å²) in [7, 11) is 0. The lowest BCUT2D eigenvalue weighted by molar-refractivity contribution is -0.138. The van der Waals surface area contributed by atoms with Gasteiger partial charge < -0.3 is 25.4 Å². The number of benzene rings is 6. The van der Waals surface area contributed by atoms with Gasteiger partial charge in [0, 0.05) is 52.8 Å². The zero-order valence-electron chi connectivity index (χ0n) is 36.7. The molecule has 0 radical (unpaired) electrons. The third kappa shape index (κ3) is 19.4. The predicted molar refractivity (Wildman–Crippen MR) is 249 cm³/mol. The van der Waals surface area contributed by atoms with Crippen LogP contribution >= 0.6 is 23.2 Å². The highest BCUT2D eigenvalue weighted by Crippen LogP contribution is 2.35. The monoisotopic (exact) mass is 967 g/mol. The van der Waals surface area contributed by atoms with Crippen molar-refractivity contribution in [1.82, 2.24) is 0 Å². The number of halogens is 11. The molecule has 0 amide bonds. The molecule has 3 N–H and O–H groups in total. The van der Waals surface area contributed by atoms with E-state index in [0.29, 0.717) is 60.4 Å². The van der Waals surface area contributed by atoms with Gasteiger partial charge in [0.05, 0.1) is 16.7 Å². The summed E-state index contributed by atoms with van der Waals surface area (Å²) in [5, 5.41) is 10.9. The van der Waals surface area contributed by atoms with Crippen molar-refractivity contribution in [2.24, 2.45) is 0 Å². The van der Waals surface area contributed by atoms with Gasteiger partial charge in [-0.1, -0.05) is 93.4 Å². The van der Waals surface area contributed by atoms with Gasteiger partial charge in [-0.2, -0.15) is 39.5 Å². The Hall–Kier alpha value is -5.73. The van der Waals surface area contributed by atoms with Gasteiger partial charge in [0.2, 0.25) is 6.79 Å². The molecule has 1 heterocycles. The van der Waals surface area contributed by atoms with E-state index in [0.717, 1.165) is 70.2 Å². The van der Waals surface area contributed by atoms with E-state index >= 15 is 0 Å². The van der Waals surface area contributed by atoms with Crippen molar-refractivity contribution in [2.45, 2.75) is 65.5 Å². The maximum absolute atomic E-state index is 12.5. The Morgan fingerprint density at radius 2 is 0.773 bits per heavy atom. The fourth-order valence-corrected chi connectivity index (χ4v) is 6.12. The van der Waals surface area contributed by atoms with E-state index in [2.05, 4.69) is 16.0 Å². The van der Waals surface area contributed by atoms with Crippen LogP contribution in [0.3, 0.4) is 0 Å². The summed E-state index contributed by atoms with van der Waals surface area (Å²) >= 11 is 11.6. The number of anilines is 3. The van der Waals surface area contributed by atoms with E-state index in [1.807, 2.05) is 70.2 Å². The van der Waals surface area contributed by atoms with Gasteiger partial charge in [-0.3, -0.25) is 0 Å². The Bertz CT molecular complexity index is 2290. The molecular formula is C50H52Cl2F9N3O2. The van der Waals surface area contributed by atoms with Gasteiger partial charge in [-0.05, 0) is 127 Å². The van der Waals surface area contributed by atoms with Crippen molar-refractivity contribution in [1.29, 1.82) is 0 Å². The highest BCUT2D eigenvalue weighted by atomic mass is 35.5. The zero-order valence-corrected chi connectivity index (χ0v) is 38.2. The Morgan fingerprint density at radius 1 is 0.409 bits per heavy atom. The number of ether oxygens (including phenoxy) is 2. The zero-order chi connectivity index (χ0) is 48.8. The lowest BCUT2D eigenvalue weighted by Gasteiger charge is -2.09. The first-order valence-electron chi connectivity index (χ1n) is 21.0. The molecule has 0 saturated heterocycles. The minimum Gasteiger partial charge on any atom is -0.454 e. The minimum absolute atomic E-state index is 0.227. The summed E-state index contributed by atoms with van der Waals surface area (Å²) in [6.07, 6.45) is -10.9. The van der Waals surface area contributed by atoms with Gasteiger partial charge in [-0.15, -0.1) is 0 Å².